The number of carbonyl (C=O) groups excluding carboxylic acids is 1. The molecule has 1 saturated heterocycles. The Bertz CT molecular complexity index is 416. The molecule has 0 aromatic heterocycles. The zero-order valence-electron chi connectivity index (χ0n) is 10.7. The largest absolute Gasteiger partial charge is 0.374 e. The highest BCUT2D eigenvalue weighted by molar-refractivity contribution is 14.1. The predicted octanol–water partition coefficient (Wildman–Crippen LogP) is 3.10. The van der Waals surface area contributed by atoms with Crippen LogP contribution < -0.4 is 5.32 Å². The van der Waals surface area contributed by atoms with Gasteiger partial charge in [0, 0.05) is 22.3 Å². The molecule has 2 rings (SSSR count). The first-order chi connectivity index (χ1) is 8.66. The van der Waals surface area contributed by atoms with E-state index in [2.05, 4.69) is 34.0 Å². The second-order valence-corrected chi connectivity index (χ2v) is 6.01. The summed E-state index contributed by atoms with van der Waals surface area (Å²) in [5.41, 5.74) is 1.01. The summed E-state index contributed by atoms with van der Waals surface area (Å²) in [6, 6.07) is 7.95. The summed E-state index contributed by atoms with van der Waals surface area (Å²) in [5.74, 6) is 0.216. The zero-order valence-corrected chi connectivity index (χ0v) is 12.8. The highest BCUT2D eigenvalue weighted by Crippen LogP contribution is 2.15. The molecule has 98 valence electrons. The SMILES string of the molecule is CC(Nc1cccc(I)c1)C(=O)N1CCCCC1. The maximum atomic E-state index is 12.2. The lowest BCUT2D eigenvalue weighted by molar-refractivity contribution is -0.132. The third kappa shape index (κ3) is 3.60. The van der Waals surface area contributed by atoms with Crippen molar-refractivity contribution >= 4 is 34.2 Å². The average Bonchev–Trinajstić information content (AvgIpc) is 2.39. The van der Waals surface area contributed by atoms with Gasteiger partial charge in [0.25, 0.3) is 0 Å². The van der Waals surface area contributed by atoms with Crippen LogP contribution in [0.1, 0.15) is 26.2 Å². The van der Waals surface area contributed by atoms with E-state index in [1.165, 1.54) is 9.99 Å². The average molecular weight is 358 g/mol. The number of hydrogen-bond acceptors (Lipinski definition) is 2. The van der Waals surface area contributed by atoms with E-state index in [9.17, 15) is 4.79 Å². The van der Waals surface area contributed by atoms with Crippen LogP contribution in [-0.4, -0.2) is 29.9 Å². The molecule has 0 saturated carbocycles. The molecule has 3 nitrogen and oxygen atoms in total. The van der Waals surface area contributed by atoms with Gasteiger partial charge in [-0.1, -0.05) is 6.07 Å². The molecular formula is C14H19IN2O. The van der Waals surface area contributed by atoms with Crippen molar-refractivity contribution in [1.82, 2.24) is 4.90 Å². The quantitative estimate of drug-likeness (QED) is 0.843. The molecule has 0 radical (unpaired) electrons. The molecule has 0 bridgehead atoms. The number of carbonyl (C=O) groups is 1. The van der Waals surface area contributed by atoms with Crippen molar-refractivity contribution in [3.8, 4) is 0 Å². The van der Waals surface area contributed by atoms with Crippen molar-refractivity contribution in [2.75, 3.05) is 18.4 Å². The molecule has 1 atom stereocenters. The molecule has 1 unspecified atom stereocenters. The number of nitrogens with zero attached hydrogens (tertiary/aromatic N) is 1. The molecule has 1 aliphatic heterocycles. The van der Waals surface area contributed by atoms with Crippen LogP contribution >= 0.6 is 22.6 Å². The minimum absolute atomic E-state index is 0.152. The van der Waals surface area contributed by atoms with E-state index in [0.717, 1.165) is 31.6 Å². The molecule has 1 fully saturated rings. The zero-order chi connectivity index (χ0) is 13.0. The van der Waals surface area contributed by atoms with Gasteiger partial charge < -0.3 is 10.2 Å². The van der Waals surface area contributed by atoms with Crippen LogP contribution in [0, 0.1) is 3.57 Å². The number of anilines is 1. The van der Waals surface area contributed by atoms with Gasteiger partial charge in [0.05, 0.1) is 0 Å². The van der Waals surface area contributed by atoms with Gasteiger partial charge in [-0.05, 0) is 67.0 Å². The fourth-order valence-electron chi connectivity index (χ4n) is 2.28. The number of hydrogen-bond donors (Lipinski definition) is 1. The molecule has 4 heteroatoms. The monoisotopic (exact) mass is 358 g/mol. The van der Waals surface area contributed by atoms with Crippen LogP contribution in [0.3, 0.4) is 0 Å². The highest BCUT2D eigenvalue weighted by atomic mass is 127. The van der Waals surface area contributed by atoms with Gasteiger partial charge in [0.1, 0.15) is 6.04 Å². The smallest absolute Gasteiger partial charge is 0.244 e. The summed E-state index contributed by atoms with van der Waals surface area (Å²) in [5, 5.41) is 3.28. The fraction of sp³-hybridized carbons (Fsp3) is 0.500. The third-order valence-corrected chi connectivity index (χ3v) is 3.92. The predicted molar refractivity (Wildman–Crippen MR) is 82.7 cm³/mol. The molecule has 1 amide bonds. The normalized spacial score (nSPS) is 17.3. The number of likely N-dealkylation sites (tertiary alicyclic amines) is 1. The van der Waals surface area contributed by atoms with Crippen molar-refractivity contribution in [3.05, 3.63) is 27.8 Å². The van der Waals surface area contributed by atoms with Crippen LogP contribution in [0.15, 0.2) is 24.3 Å². The summed E-state index contributed by atoms with van der Waals surface area (Å²) in [6.07, 6.45) is 3.53. The summed E-state index contributed by atoms with van der Waals surface area (Å²) in [7, 11) is 0. The molecule has 18 heavy (non-hydrogen) atoms. The Labute approximate surface area is 122 Å². The summed E-state index contributed by atoms with van der Waals surface area (Å²) in [4.78, 5) is 14.2. The Hall–Kier alpha value is -0.780. The molecule has 1 aromatic carbocycles. The van der Waals surface area contributed by atoms with Crippen molar-refractivity contribution in [2.45, 2.75) is 32.2 Å². The number of rotatable bonds is 3. The van der Waals surface area contributed by atoms with Crippen molar-refractivity contribution in [3.63, 3.8) is 0 Å². The van der Waals surface area contributed by atoms with Crippen LogP contribution in [0.4, 0.5) is 5.69 Å². The van der Waals surface area contributed by atoms with Gasteiger partial charge in [-0.2, -0.15) is 0 Å². The van der Waals surface area contributed by atoms with E-state index in [1.807, 2.05) is 30.0 Å². The molecular weight excluding hydrogens is 339 g/mol. The van der Waals surface area contributed by atoms with Gasteiger partial charge in [-0.3, -0.25) is 4.79 Å². The summed E-state index contributed by atoms with van der Waals surface area (Å²) in [6.45, 7) is 3.77. The maximum absolute atomic E-state index is 12.2. The van der Waals surface area contributed by atoms with Gasteiger partial charge >= 0.3 is 0 Å². The van der Waals surface area contributed by atoms with Crippen LogP contribution in [0.25, 0.3) is 0 Å². The number of piperidine rings is 1. The first-order valence-corrected chi connectivity index (χ1v) is 7.55. The molecule has 1 heterocycles. The summed E-state index contributed by atoms with van der Waals surface area (Å²) < 4.78 is 1.18. The lowest BCUT2D eigenvalue weighted by atomic mass is 10.1. The Morgan fingerprint density at radius 1 is 1.33 bits per heavy atom. The number of halogens is 1. The van der Waals surface area contributed by atoms with Gasteiger partial charge in [0.15, 0.2) is 0 Å². The van der Waals surface area contributed by atoms with E-state index in [0.29, 0.717) is 0 Å². The van der Waals surface area contributed by atoms with Gasteiger partial charge in [-0.25, -0.2) is 0 Å². The third-order valence-electron chi connectivity index (χ3n) is 3.25. The second-order valence-electron chi connectivity index (χ2n) is 4.76. The Kier molecular flexibility index (Phi) is 4.86. The van der Waals surface area contributed by atoms with Crippen LogP contribution in [0.2, 0.25) is 0 Å². The first-order valence-electron chi connectivity index (χ1n) is 6.48. The Morgan fingerprint density at radius 2 is 2.06 bits per heavy atom. The van der Waals surface area contributed by atoms with Crippen molar-refractivity contribution in [1.29, 1.82) is 0 Å². The van der Waals surface area contributed by atoms with E-state index >= 15 is 0 Å². The minimum Gasteiger partial charge on any atom is -0.374 e. The van der Waals surface area contributed by atoms with Crippen molar-refractivity contribution < 1.29 is 4.79 Å². The van der Waals surface area contributed by atoms with Gasteiger partial charge in [-0.15, -0.1) is 0 Å². The molecule has 0 spiro atoms. The summed E-state index contributed by atoms with van der Waals surface area (Å²) >= 11 is 2.28. The molecule has 1 N–H and O–H groups in total. The standard InChI is InChI=1S/C14H19IN2O/c1-11(14(18)17-8-3-2-4-9-17)16-13-7-5-6-12(15)10-13/h5-7,10-11,16H,2-4,8-9H2,1H3. The number of nitrogens with one attached hydrogen (secondary N) is 1. The van der Waals surface area contributed by atoms with E-state index in [4.69, 9.17) is 0 Å². The fourth-order valence-corrected chi connectivity index (χ4v) is 2.82. The van der Waals surface area contributed by atoms with Crippen LogP contribution in [0.5, 0.6) is 0 Å². The first kappa shape index (κ1) is 13.6. The topological polar surface area (TPSA) is 32.3 Å². The van der Waals surface area contributed by atoms with E-state index in [1.54, 1.807) is 0 Å². The second kappa shape index (κ2) is 6.41. The maximum Gasteiger partial charge on any atom is 0.244 e. The highest BCUT2D eigenvalue weighted by Gasteiger charge is 2.21. The van der Waals surface area contributed by atoms with Crippen molar-refractivity contribution in [2.24, 2.45) is 0 Å². The lowest BCUT2D eigenvalue weighted by Gasteiger charge is -2.29. The molecule has 1 aliphatic rings. The van der Waals surface area contributed by atoms with E-state index in [-0.39, 0.29) is 11.9 Å². The molecule has 0 aliphatic carbocycles. The molecule has 1 aromatic rings. The number of benzene rings is 1. The van der Waals surface area contributed by atoms with Crippen LogP contribution in [-0.2, 0) is 4.79 Å². The number of amides is 1. The van der Waals surface area contributed by atoms with E-state index < -0.39 is 0 Å². The lowest BCUT2D eigenvalue weighted by Crippen LogP contribution is -2.43. The Morgan fingerprint density at radius 3 is 2.72 bits per heavy atom. The minimum atomic E-state index is -0.152. The van der Waals surface area contributed by atoms with Gasteiger partial charge in [0.2, 0.25) is 5.91 Å². The Balaban J connectivity index is 1.94.